The molecule has 5 aromatic rings. The molecule has 8 heteroatoms. The van der Waals surface area contributed by atoms with Gasteiger partial charge < -0.3 is 33.2 Å². The second-order valence-electron chi connectivity index (χ2n) is 11.7. The van der Waals surface area contributed by atoms with Gasteiger partial charge in [0, 0.05) is 17.4 Å². The molecule has 0 radical (unpaired) electrons. The Morgan fingerprint density at radius 3 is 1.83 bits per heavy atom. The number of ether oxygens (including phenoxy) is 7. The van der Waals surface area contributed by atoms with E-state index in [0.717, 1.165) is 37.5 Å². The maximum Gasteiger partial charge on any atom is 0.144 e. The van der Waals surface area contributed by atoms with Gasteiger partial charge in [0.25, 0.3) is 0 Å². The lowest BCUT2D eigenvalue weighted by atomic mass is 9.91. The molecule has 0 amide bonds. The molecule has 4 atom stereocenters. The average Bonchev–Trinajstić information content (AvgIpc) is 3.13. The average molecular weight is 714 g/mol. The molecule has 0 spiro atoms. The third-order valence-electron chi connectivity index (χ3n) is 8.63. The number of rotatable bonds is 14. The van der Waals surface area contributed by atoms with Gasteiger partial charge >= 0.3 is 0 Å². The molecule has 7 nitrogen and oxygen atoms in total. The highest BCUT2D eigenvalue weighted by atomic mass is 79.9. The zero-order valence-electron chi connectivity index (χ0n) is 27.5. The molecule has 1 fully saturated rings. The lowest BCUT2D eigenvalue weighted by Crippen LogP contribution is -2.50. The van der Waals surface area contributed by atoms with Crippen LogP contribution in [0.15, 0.2) is 114 Å². The van der Waals surface area contributed by atoms with Crippen LogP contribution in [-0.2, 0) is 38.8 Å². The Morgan fingerprint density at radius 1 is 0.667 bits per heavy atom. The van der Waals surface area contributed by atoms with Crippen molar-refractivity contribution < 1.29 is 33.2 Å². The minimum absolute atomic E-state index is 0.308. The summed E-state index contributed by atoms with van der Waals surface area (Å²) in [4.78, 5) is 0. The van der Waals surface area contributed by atoms with Crippen molar-refractivity contribution in [3.8, 4) is 17.2 Å². The topological polar surface area (TPSA) is 64.6 Å². The first-order valence-corrected chi connectivity index (χ1v) is 16.9. The van der Waals surface area contributed by atoms with Crippen LogP contribution < -0.4 is 14.2 Å². The van der Waals surface area contributed by atoms with Crippen molar-refractivity contribution in [3.05, 3.63) is 136 Å². The molecule has 1 aliphatic heterocycles. The molecular formula is C40H41BrO7. The van der Waals surface area contributed by atoms with E-state index < -0.39 is 12.2 Å². The first kappa shape index (κ1) is 34.0. The van der Waals surface area contributed by atoms with Crippen molar-refractivity contribution in [2.75, 3.05) is 27.9 Å². The molecule has 0 bridgehead atoms. The molecule has 1 heterocycles. The van der Waals surface area contributed by atoms with E-state index in [4.69, 9.17) is 33.2 Å². The van der Waals surface area contributed by atoms with E-state index in [0.29, 0.717) is 50.1 Å². The van der Waals surface area contributed by atoms with Gasteiger partial charge in [-0.2, -0.15) is 0 Å². The SMILES string of the molecule is COc1cc(Br)c(OC)c2c(OC)c([C@H]3C[C@@H](OCc4ccccc4)[C@H](OCc4ccccc4)[C@@H](COCc4ccccc4)O3)ccc12. The molecule has 5 aromatic carbocycles. The van der Waals surface area contributed by atoms with E-state index in [9.17, 15) is 0 Å². The Morgan fingerprint density at radius 2 is 1.25 bits per heavy atom. The Kier molecular flexibility index (Phi) is 11.6. The van der Waals surface area contributed by atoms with Crippen molar-refractivity contribution in [1.29, 1.82) is 0 Å². The van der Waals surface area contributed by atoms with E-state index >= 15 is 0 Å². The first-order valence-electron chi connectivity index (χ1n) is 16.1. The van der Waals surface area contributed by atoms with Crippen LogP contribution in [0.2, 0.25) is 0 Å². The summed E-state index contributed by atoms with van der Waals surface area (Å²) >= 11 is 3.66. The predicted octanol–water partition coefficient (Wildman–Crippen LogP) is 8.85. The fourth-order valence-corrected chi connectivity index (χ4v) is 6.87. The Bertz CT molecular complexity index is 1750. The van der Waals surface area contributed by atoms with Gasteiger partial charge in [-0.1, -0.05) is 97.1 Å². The quantitative estimate of drug-likeness (QED) is 0.114. The van der Waals surface area contributed by atoms with Crippen LogP contribution in [0.25, 0.3) is 10.8 Å². The van der Waals surface area contributed by atoms with Crippen molar-refractivity contribution in [2.24, 2.45) is 0 Å². The van der Waals surface area contributed by atoms with Crippen LogP contribution in [0.1, 0.15) is 34.8 Å². The Labute approximate surface area is 290 Å². The molecule has 0 saturated carbocycles. The fraction of sp³-hybridized carbons (Fsp3) is 0.300. The van der Waals surface area contributed by atoms with Crippen molar-refractivity contribution in [1.82, 2.24) is 0 Å². The highest BCUT2D eigenvalue weighted by Crippen LogP contribution is 2.49. The fourth-order valence-electron chi connectivity index (χ4n) is 6.30. The number of halogens is 1. The van der Waals surface area contributed by atoms with Gasteiger partial charge in [0.1, 0.15) is 29.5 Å². The normalized spacial score (nSPS) is 19.2. The molecular weight excluding hydrogens is 672 g/mol. The number of hydrogen-bond acceptors (Lipinski definition) is 7. The van der Waals surface area contributed by atoms with Crippen LogP contribution >= 0.6 is 15.9 Å². The van der Waals surface area contributed by atoms with Gasteiger partial charge in [-0.15, -0.1) is 0 Å². The minimum atomic E-state index is -0.434. The summed E-state index contributed by atoms with van der Waals surface area (Å²) in [7, 11) is 4.98. The Hall–Kier alpha value is -3.92. The lowest BCUT2D eigenvalue weighted by molar-refractivity contribution is -0.222. The second kappa shape index (κ2) is 16.5. The largest absolute Gasteiger partial charge is 0.496 e. The highest BCUT2D eigenvalue weighted by molar-refractivity contribution is 9.10. The summed E-state index contributed by atoms with van der Waals surface area (Å²) in [5.41, 5.74) is 4.13. The molecule has 0 aliphatic carbocycles. The van der Waals surface area contributed by atoms with Gasteiger partial charge in [0.05, 0.1) is 69.8 Å². The van der Waals surface area contributed by atoms with E-state index in [1.165, 1.54) is 0 Å². The summed E-state index contributed by atoms with van der Waals surface area (Å²) in [5.74, 6) is 2.02. The standard InChI is InChI=1S/C40H41BrO7/c1-42-33-21-32(41)39(44-3)37-30(33)19-20-31(38(37)43-2)34-22-35(46-24-28-15-9-5-10-16-28)40(47-25-29-17-11-6-12-18-29)36(48-34)26-45-23-27-13-7-4-8-14-27/h4-21,34-36,40H,22-26H2,1-3H3/t34-,35-,36-,40+/m1/s1. The monoisotopic (exact) mass is 712 g/mol. The Balaban J connectivity index is 1.37. The zero-order valence-corrected chi connectivity index (χ0v) is 29.1. The van der Waals surface area contributed by atoms with Crippen molar-refractivity contribution >= 4 is 26.7 Å². The maximum atomic E-state index is 6.95. The molecule has 1 aliphatic rings. The summed E-state index contributed by atoms with van der Waals surface area (Å²) < 4.78 is 45.2. The first-order chi connectivity index (χ1) is 23.6. The van der Waals surface area contributed by atoms with Gasteiger partial charge in [0.2, 0.25) is 0 Å². The highest BCUT2D eigenvalue weighted by Gasteiger charge is 2.42. The third kappa shape index (κ3) is 7.86. The van der Waals surface area contributed by atoms with Crippen LogP contribution in [0.4, 0.5) is 0 Å². The van der Waals surface area contributed by atoms with E-state index in [2.05, 4.69) is 52.3 Å². The van der Waals surface area contributed by atoms with Crippen LogP contribution in [0.5, 0.6) is 17.2 Å². The summed E-state index contributed by atoms with van der Waals surface area (Å²) in [6.07, 6.45) is -0.983. The molecule has 1 saturated heterocycles. The summed E-state index contributed by atoms with van der Waals surface area (Å²) in [6.45, 7) is 1.63. The lowest BCUT2D eigenvalue weighted by Gasteiger charge is -2.42. The summed E-state index contributed by atoms with van der Waals surface area (Å²) in [6, 6.07) is 36.5. The van der Waals surface area contributed by atoms with Crippen molar-refractivity contribution in [3.63, 3.8) is 0 Å². The number of fused-ring (bicyclic) bond motifs is 1. The van der Waals surface area contributed by atoms with Crippen LogP contribution in [0, 0.1) is 0 Å². The van der Waals surface area contributed by atoms with E-state index in [1.54, 1.807) is 21.3 Å². The zero-order chi connectivity index (χ0) is 33.3. The minimum Gasteiger partial charge on any atom is -0.496 e. The van der Waals surface area contributed by atoms with Crippen LogP contribution in [0.3, 0.4) is 0 Å². The summed E-state index contributed by atoms with van der Waals surface area (Å²) in [5, 5.41) is 1.67. The van der Waals surface area contributed by atoms with E-state index in [-0.39, 0.29) is 12.2 Å². The van der Waals surface area contributed by atoms with E-state index in [1.807, 2.05) is 72.8 Å². The smallest absolute Gasteiger partial charge is 0.144 e. The number of hydrogen-bond donors (Lipinski definition) is 0. The van der Waals surface area contributed by atoms with Crippen LogP contribution in [-0.4, -0.2) is 46.2 Å². The van der Waals surface area contributed by atoms with Crippen molar-refractivity contribution in [2.45, 2.75) is 50.7 Å². The predicted molar refractivity (Wildman–Crippen MR) is 190 cm³/mol. The maximum absolute atomic E-state index is 6.95. The molecule has 0 unspecified atom stereocenters. The van der Waals surface area contributed by atoms with Gasteiger partial charge in [-0.3, -0.25) is 0 Å². The number of benzene rings is 5. The van der Waals surface area contributed by atoms with Gasteiger partial charge in [0.15, 0.2) is 0 Å². The second-order valence-corrected chi connectivity index (χ2v) is 12.6. The molecule has 250 valence electrons. The molecule has 0 aromatic heterocycles. The molecule has 48 heavy (non-hydrogen) atoms. The van der Waals surface area contributed by atoms with Gasteiger partial charge in [-0.05, 0) is 44.8 Å². The van der Waals surface area contributed by atoms with Gasteiger partial charge in [-0.25, -0.2) is 0 Å². The molecule has 6 rings (SSSR count). The third-order valence-corrected chi connectivity index (χ3v) is 9.22. The molecule has 0 N–H and O–H groups in total. The number of methoxy groups -OCH3 is 3.